The molecular weight excluding hydrogens is 372 g/mol. The highest BCUT2D eigenvalue weighted by molar-refractivity contribution is 5.82. The van der Waals surface area contributed by atoms with E-state index >= 15 is 0 Å². The fourth-order valence-electron chi connectivity index (χ4n) is 2.20. The molecule has 0 fully saturated rings. The summed E-state index contributed by atoms with van der Waals surface area (Å²) in [6.07, 6.45) is 1.34. The number of hydrogen-bond acceptors (Lipinski definition) is 8. The lowest BCUT2D eigenvalue weighted by Crippen LogP contribution is -2.51. The lowest BCUT2D eigenvalue weighted by atomic mass is 10.1. The summed E-state index contributed by atoms with van der Waals surface area (Å²) >= 11 is 0. The van der Waals surface area contributed by atoms with Gasteiger partial charge in [0.15, 0.2) is 11.9 Å². The Morgan fingerprint density at radius 1 is 1.25 bits per heavy atom. The van der Waals surface area contributed by atoms with Crippen LogP contribution in [0.2, 0.25) is 0 Å². The van der Waals surface area contributed by atoms with Crippen LogP contribution in [0, 0.1) is 0 Å². The fourth-order valence-corrected chi connectivity index (χ4v) is 2.20. The maximum Gasteiger partial charge on any atom is 0.328 e. The van der Waals surface area contributed by atoms with E-state index < -0.39 is 30.2 Å². The number of aliphatic carboxylic acids is 1. The minimum Gasteiger partial charge on any atom is -0.480 e. The van der Waals surface area contributed by atoms with Crippen molar-refractivity contribution < 1.29 is 29.1 Å². The van der Waals surface area contributed by atoms with Gasteiger partial charge in [0.1, 0.15) is 0 Å². The zero-order valence-electron chi connectivity index (χ0n) is 16.0. The molecule has 1 heterocycles. The van der Waals surface area contributed by atoms with Crippen LogP contribution in [0.3, 0.4) is 0 Å². The molecule has 0 radical (unpaired) electrons. The molecule has 0 spiro atoms. The van der Waals surface area contributed by atoms with E-state index in [-0.39, 0.29) is 18.3 Å². The number of aliphatic hydroxyl groups excluding tert-OH is 1. The predicted molar refractivity (Wildman–Crippen MR) is 96.9 cm³/mol. The number of aliphatic hydroxyl groups is 1. The highest BCUT2D eigenvalue weighted by Crippen LogP contribution is 2.13. The monoisotopic (exact) mass is 400 g/mol. The number of amides is 3. The average molecular weight is 400 g/mol. The molecule has 1 aromatic heterocycles. The van der Waals surface area contributed by atoms with Crippen molar-refractivity contribution in [3.05, 3.63) is 11.7 Å². The molecule has 158 valence electrons. The summed E-state index contributed by atoms with van der Waals surface area (Å²) in [7, 11) is 0. The third-order valence-corrected chi connectivity index (χ3v) is 3.84. The molecule has 0 bridgehead atoms. The fraction of sp³-hybridized carbons (Fsp3) is 0.688. The molecule has 2 unspecified atom stereocenters. The molecule has 12 heteroatoms. The lowest BCUT2D eigenvalue weighted by molar-refractivity contribution is -0.141. The second kappa shape index (κ2) is 11.9. The van der Waals surface area contributed by atoms with Crippen molar-refractivity contribution in [2.75, 3.05) is 6.54 Å². The number of carbonyl (C=O) groups is 3. The molecular formula is C16H28N6O6. The minimum atomic E-state index is -1.44. The van der Waals surface area contributed by atoms with Crippen LogP contribution in [-0.2, 0) is 16.1 Å². The first-order valence-corrected chi connectivity index (χ1v) is 9.04. The average Bonchev–Trinajstić information content (AvgIpc) is 3.12. The second-order valence-corrected chi connectivity index (χ2v) is 6.24. The number of aromatic nitrogens is 2. The highest BCUT2D eigenvalue weighted by atomic mass is 16.5. The van der Waals surface area contributed by atoms with E-state index in [1.807, 2.05) is 0 Å². The Bertz CT molecular complexity index is 649. The Balaban J connectivity index is 2.36. The van der Waals surface area contributed by atoms with Crippen LogP contribution in [0.25, 0.3) is 0 Å². The van der Waals surface area contributed by atoms with Crippen LogP contribution >= 0.6 is 0 Å². The van der Waals surface area contributed by atoms with Gasteiger partial charge < -0.3 is 36.4 Å². The van der Waals surface area contributed by atoms with E-state index in [1.54, 1.807) is 6.92 Å². The Hall–Kier alpha value is -2.73. The van der Waals surface area contributed by atoms with Gasteiger partial charge in [-0.2, -0.15) is 4.98 Å². The molecule has 1 aromatic rings. The van der Waals surface area contributed by atoms with E-state index in [0.29, 0.717) is 25.2 Å². The summed E-state index contributed by atoms with van der Waals surface area (Å²) in [6, 6.07) is -2.68. The normalized spacial score (nSPS) is 14.0. The van der Waals surface area contributed by atoms with Crippen LogP contribution in [0.4, 0.5) is 4.79 Å². The van der Waals surface area contributed by atoms with Crippen molar-refractivity contribution in [1.82, 2.24) is 26.1 Å². The van der Waals surface area contributed by atoms with Gasteiger partial charge in [-0.1, -0.05) is 12.1 Å². The summed E-state index contributed by atoms with van der Waals surface area (Å²) in [5.74, 6) is -0.945. The zero-order chi connectivity index (χ0) is 21.1. The molecule has 0 aliphatic heterocycles. The summed E-state index contributed by atoms with van der Waals surface area (Å²) in [4.78, 5) is 37.9. The Morgan fingerprint density at radius 3 is 2.57 bits per heavy atom. The van der Waals surface area contributed by atoms with Gasteiger partial charge in [-0.3, -0.25) is 4.79 Å². The molecule has 0 saturated carbocycles. The summed E-state index contributed by atoms with van der Waals surface area (Å²) in [5, 5.41) is 29.3. The molecule has 7 N–H and O–H groups in total. The van der Waals surface area contributed by atoms with Crippen molar-refractivity contribution >= 4 is 17.9 Å². The van der Waals surface area contributed by atoms with Gasteiger partial charge in [-0.25, -0.2) is 9.59 Å². The standard InChI is InChI=1S/C16H28N6O6/c1-3-11(24)18-7-5-4-6-10(17)14-20-12(28-22-14)8-19-16(27)21-13(9(2)23)15(25)26/h9-10,13,23H,3-8,17H2,1-2H3,(H,18,24)(H,25,26)(H2,19,21,27)/t9?,10-,13?/m0/s1. The van der Waals surface area contributed by atoms with Gasteiger partial charge in [-0.05, 0) is 26.2 Å². The van der Waals surface area contributed by atoms with Crippen molar-refractivity contribution in [2.24, 2.45) is 5.73 Å². The van der Waals surface area contributed by atoms with Crippen molar-refractivity contribution in [1.29, 1.82) is 0 Å². The number of urea groups is 1. The van der Waals surface area contributed by atoms with E-state index in [9.17, 15) is 19.5 Å². The first-order chi connectivity index (χ1) is 13.2. The van der Waals surface area contributed by atoms with Gasteiger partial charge in [0.05, 0.1) is 18.7 Å². The number of carboxylic acids is 1. The Morgan fingerprint density at radius 2 is 1.96 bits per heavy atom. The van der Waals surface area contributed by atoms with Gasteiger partial charge in [0.2, 0.25) is 11.8 Å². The molecule has 0 saturated heterocycles. The summed E-state index contributed by atoms with van der Waals surface area (Å²) in [6.45, 7) is 3.50. The second-order valence-electron chi connectivity index (χ2n) is 6.24. The molecule has 28 heavy (non-hydrogen) atoms. The quantitative estimate of drug-likeness (QED) is 0.248. The number of carbonyl (C=O) groups excluding carboxylic acids is 2. The SMILES string of the molecule is CCC(=O)NCCCC[C@H](N)c1noc(CNC(=O)NC(C(=O)O)C(C)O)n1. The number of hydrogen-bond donors (Lipinski definition) is 6. The number of nitrogens with zero attached hydrogens (tertiary/aromatic N) is 2. The van der Waals surface area contributed by atoms with E-state index in [0.717, 1.165) is 12.8 Å². The zero-order valence-corrected chi connectivity index (χ0v) is 16.0. The lowest BCUT2D eigenvalue weighted by Gasteiger charge is -2.16. The number of nitrogens with two attached hydrogens (primary N) is 1. The van der Waals surface area contributed by atoms with Crippen molar-refractivity contribution in [3.63, 3.8) is 0 Å². The Labute approximate surface area is 162 Å². The van der Waals surface area contributed by atoms with Gasteiger partial charge in [0, 0.05) is 13.0 Å². The molecule has 0 aliphatic carbocycles. The van der Waals surface area contributed by atoms with Crippen LogP contribution in [0.15, 0.2) is 4.52 Å². The first-order valence-electron chi connectivity index (χ1n) is 9.04. The Kier molecular flexibility index (Phi) is 9.88. The molecule has 12 nitrogen and oxygen atoms in total. The number of rotatable bonds is 12. The molecule has 0 aromatic carbocycles. The largest absolute Gasteiger partial charge is 0.480 e. The van der Waals surface area contributed by atoms with E-state index in [2.05, 4.69) is 26.1 Å². The third kappa shape index (κ3) is 8.31. The number of nitrogens with one attached hydrogen (secondary N) is 3. The molecule has 3 atom stereocenters. The maximum atomic E-state index is 11.7. The van der Waals surface area contributed by atoms with Gasteiger partial charge in [0.25, 0.3) is 0 Å². The molecule has 3 amide bonds. The smallest absolute Gasteiger partial charge is 0.328 e. The maximum absolute atomic E-state index is 11.7. The highest BCUT2D eigenvalue weighted by Gasteiger charge is 2.25. The van der Waals surface area contributed by atoms with Crippen LogP contribution in [0.5, 0.6) is 0 Å². The summed E-state index contributed by atoms with van der Waals surface area (Å²) in [5.41, 5.74) is 6.00. The summed E-state index contributed by atoms with van der Waals surface area (Å²) < 4.78 is 5.00. The minimum absolute atomic E-state index is 0.00627. The number of carboxylic acid groups (broad SMARTS) is 1. The molecule has 1 rings (SSSR count). The van der Waals surface area contributed by atoms with Crippen LogP contribution in [-0.4, -0.2) is 57.0 Å². The van der Waals surface area contributed by atoms with Gasteiger partial charge >= 0.3 is 12.0 Å². The first kappa shape index (κ1) is 23.3. The number of unbranched alkanes of at least 4 members (excludes halogenated alkanes) is 1. The van der Waals surface area contributed by atoms with E-state index in [1.165, 1.54) is 6.92 Å². The van der Waals surface area contributed by atoms with E-state index in [4.69, 9.17) is 15.4 Å². The third-order valence-electron chi connectivity index (χ3n) is 3.84. The van der Waals surface area contributed by atoms with Gasteiger partial charge in [-0.15, -0.1) is 0 Å². The predicted octanol–water partition coefficient (Wildman–Crippen LogP) is -0.601. The van der Waals surface area contributed by atoms with Crippen molar-refractivity contribution in [3.8, 4) is 0 Å². The topological polar surface area (TPSA) is 193 Å². The van der Waals surface area contributed by atoms with Crippen LogP contribution in [0.1, 0.15) is 57.3 Å². The van der Waals surface area contributed by atoms with Crippen molar-refractivity contribution in [2.45, 2.75) is 64.3 Å². The molecule has 0 aliphatic rings. The van der Waals surface area contributed by atoms with Crippen LogP contribution < -0.4 is 21.7 Å².